The average molecular weight is 593 g/mol. The van der Waals surface area contributed by atoms with Gasteiger partial charge in [0.1, 0.15) is 24.3 Å². The van der Waals surface area contributed by atoms with Crippen molar-refractivity contribution in [2.24, 2.45) is 0 Å². The van der Waals surface area contributed by atoms with Crippen molar-refractivity contribution in [2.45, 2.75) is 49.9 Å². The van der Waals surface area contributed by atoms with Crippen LogP contribution in [-0.2, 0) is 27.1 Å². The second-order valence-corrected chi connectivity index (χ2v) is 10.2. The lowest BCUT2D eigenvalue weighted by Crippen LogP contribution is -2.37. The van der Waals surface area contributed by atoms with Gasteiger partial charge in [-0.15, -0.1) is 0 Å². The molecule has 1 aromatic carbocycles. The molecule has 3 aliphatic rings. The third-order valence-corrected chi connectivity index (χ3v) is 7.37. The molecule has 0 saturated carbocycles. The lowest BCUT2D eigenvalue weighted by Gasteiger charge is -2.15. The predicted octanol–water partition coefficient (Wildman–Crippen LogP) is 2.16. The first kappa shape index (κ1) is 27.4. The van der Waals surface area contributed by atoms with Crippen molar-refractivity contribution in [1.29, 1.82) is 0 Å². The van der Waals surface area contributed by atoms with Crippen molar-refractivity contribution >= 4 is 28.7 Å². The van der Waals surface area contributed by atoms with Gasteiger partial charge in [0.15, 0.2) is 11.8 Å². The zero-order chi connectivity index (χ0) is 28.9. The smallest absolute Gasteiger partial charge is 0.430 e. The summed E-state index contributed by atoms with van der Waals surface area (Å²) in [5.74, 6) is -3.01. The van der Waals surface area contributed by atoms with Crippen LogP contribution in [-0.4, -0.2) is 79.6 Å². The van der Waals surface area contributed by atoms with E-state index in [4.69, 9.17) is 35.7 Å². The summed E-state index contributed by atoms with van der Waals surface area (Å²) in [5, 5.41) is 23.8. The topological polar surface area (TPSA) is 147 Å². The van der Waals surface area contributed by atoms with E-state index in [0.29, 0.717) is 34.5 Å². The van der Waals surface area contributed by atoms with E-state index in [1.165, 1.54) is 17.7 Å². The maximum Gasteiger partial charge on any atom is 0.430 e. The van der Waals surface area contributed by atoms with Gasteiger partial charge in [0.2, 0.25) is 0 Å². The summed E-state index contributed by atoms with van der Waals surface area (Å²) < 4.78 is 50.8. The number of aliphatic hydroxyl groups excluding tert-OH is 1. The van der Waals surface area contributed by atoms with E-state index in [2.05, 4.69) is 20.1 Å². The zero-order valence-electron chi connectivity index (χ0n) is 21.1. The zero-order valence-corrected chi connectivity index (χ0v) is 21.9. The van der Waals surface area contributed by atoms with Crippen LogP contribution in [0.2, 0.25) is 5.02 Å². The van der Waals surface area contributed by atoms with E-state index in [9.17, 15) is 18.3 Å². The fraction of sp³-hybridized carbons (Fsp3) is 0.385. The fourth-order valence-electron chi connectivity index (χ4n) is 5.15. The van der Waals surface area contributed by atoms with Gasteiger partial charge in [-0.05, 0) is 43.0 Å². The van der Waals surface area contributed by atoms with Crippen molar-refractivity contribution in [1.82, 2.24) is 24.7 Å². The van der Waals surface area contributed by atoms with E-state index < -0.39 is 18.2 Å². The van der Waals surface area contributed by atoms with E-state index in [-0.39, 0.29) is 24.9 Å². The average Bonchev–Trinajstić information content (AvgIpc) is 3.73. The van der Waals surface area contributed by atoms with Crippen LogP contribution in [0.3, 0.4) is 0 Å². The van der Waals surface area contributed by atoms with Gasteiger partial charge in [0.05, 0.1) is 41.3 Å². The third kappa shape index (κ3) is 5.35. The molecule has 5 heterocycles. The number of alkyl halides is 3. The second-order valence-electron chi connectivity index (χ2n) is 9.77. The number of pyridine rings is 1. The minimum Gasteiger partial charge on any atom is -0.542 e. The van der Waals surface area contributed by atoms with Crippen LogP contribution in [0.15, 0.2) is 36.5 Å². The molecular formula is C26H22ClF3N5O6-. The molecule has 0 bridgehead atoms. The van der Waals surface area contributed by atoms with Crippen LogP contribution < -0.4 is 9.84 Å². The summed E-state index contributed by atoms with van der Waals surface area (Å²) in [7, 11) is 0. The molecule has 4 atom stereocenters. The number of aliphatic hydroxyl groups is 1. The van der Waals surface area contributed by atoms with Crippen LogP contribution in [0.1, 0.15) is 17.7 Å². The summed E-state index contributed by atoms with van der Waals surface area (Å²) in [6.45, 7) is 0.576. The number of halogens is 4. The van der Waals surface area contributed by atoms with Crippen LogP contribution in [0.5, 0.6) is 6.01 Å². The minimum atomic E-state index is -5.19. The van der Waals surface area contributed by atoms with Gasteiger partial charge in [-0.3, -0.25) is 0 Å². The van der Waals surface area contributed by atoms with Crippen LogP contribution in [0, 0.1) is 0 Å². The number of hydrogen-bond acceptors (Lipinski definition) is 9. The molecule has 0 unspecified atom stereocenters. The first-order valence-corrected chi connectivity index (χ1v) is 13.0. The number of aliphatic carboxylic acids is 1. The molecule has 2 saturated heterocycles. The molecule has 4 aromatic rings. The van der Waals surface area contributed by atoms with Crippen LogP contribution >= 0.6 is 11.6 Å². The summed E-state index contributed by atoms with van der Waals surface area (Å²) in [4.78, 5) is 21.1. The molecule has 2 aliphatic heterocycles. The van der Waals surface area contributed by atoms with Gasteiger partial charge in [0.25, 0.3) is 6.01 Å². The van der Waals surface area contributed by atoms with Gasteiger partial charge in [0, 0.05) is 11.3 Å². The summed E-state index contributed by atoms with van der Waals surface area (Å²) >= 11 is 6.59. The molecule has 15 heteroatoms. The molecule has 11 nitrogen and oxygen atoms in total. The SMILES string of the molecule is O=C([O-])C(F)(F)F.O[C@@H]1CO[C@H]2[C@@H]1OC[C@H]2Oc1nc2nc(-c3ccc(-n4ncc5c4CCC5)cc3)c(Cl)cc2[nH]1. The molecule has 3 aromatic heterocycles. The van der Waals surface area contributed by atoms with Crippen molar-refractivity contribution in [2.75, 3.05) is 13.2 Å². The number of imidazole rings is 1. The lowest BCUT2D eigenvalue weighted by atomic mass is 10.1. The molecule has 2 fully saturated rings. The van der Waals surface area contributed by atoms with E-state index in [1.54, 1.807) is 6.07 Å². The molecule has 2 N–H and O–H groups in total. The highest BCUT2D eigenvalue weighted by molar-refractivity contribution is 6.33. The summed E-state index contributed by atoms with van der Waals surface area (Å²) in [5.41, 5.74) is 6.38. The van der Waals surface area contributed by atoms with Crippen molar-refractivity contribution in [3.8, 4) is 23.0 Å². The Balaban J connectivity index is 0.000000387. The molecule has 0 amide bonds. The van der Waals surface area contributed by atoms with Crippen molar-refractivity contribution < 1.29 is 42.4 Å². The van der Waals surface area contributed by atoms with Gasteiger partial charge in [-0.2, -0.15) is 23.3 Å². The highest BCUT2D eigenvalue weighted by Crippen LogP contribution is 2.33. The van der Waals surface area contributed by atoms with Crippen LogP contribution in [0.25, 0.3) is 28.1 Å². The number of carboxylic acids is 1. The number of aromatic nitrogens is 5. The molecule has 1 aliphatic carbocycles. The summed E-state index contributed by atoms with van der Waals surface area (Å²) in [6, 6.07) is 10.2. The van der Waals surface area contributed by atoms with Crippen molar-refractivity contribution in [3.63, 3.8) is 0 Å². The largest absolute Gasteiger partial charge is 0.542 e. The standard InChI is InChI=1S/C24H22ClN5O4.C2HF3O2/c25-15-8-16-23(29-24(27-16)34-19-11-33-21-18(31)10-32-22(19)21)28-20(15)12-4-6-14(7-5-12)30-17-3-1-2-13(17)9-26-30;3-2(4,5)1(6)7/h4-9,18-19,21-22,31H,1-3,10-11H2,(H,27,28,29);(H,6,7)/p-1/t18-,19-,21-,22-;/m1./s1. The number of carboxylic acid groups (broad SMARTS) is 1. The quantitative estimate of drug-likeness (QED) is 0.364. The Morgan fingerprint density at radius 3 is 2.61 bits per heavy atom. The van der Waals surface area contributed by atoms with Gasteiger partial charge < -0.3 is 34.2 Å². The Hall–Kier alpha value is -3.72. The highest BCUT2D eigenvalue weighted by Gasteiger charge is 2.48. The number of H-pyrrole nitrogens is 1. The number of aromatic amines is 1. The Kier molecular flexibility index (Phi) is 7.09. The Morgan fingerprint density at radius 2 is 1.88 bits per heavy atom. The maximum absolute atomic E-state index is 10.5. The number of nitrogens with zero attached hydrogens (tertiary/aromatic N) is 4. The first-order valence-electron chi connectivity index (χ1n) is 12.7. The first-order chi connectivity index (χ1) is 19.6. The number of carbonyl (C=O) groups is 1. The minimum absolute atomic E-state index is 0.248. The highest BCUT2D eigenvalue weighted by atomic mass is 35.5. The Labute approximate surface area is 234 Å². The fourth-order valence-corrected chi connectivity index (χ4v) is 5.42. The monoisotopic (exact) mass is 592 g/mol. The third-order valence-electron chi connectivity index (χ3n) is 7.08. The maximum atomic E-state index is 10.5. The normalized spacial score (nSPS) is 23.2. The number of benzene rings is 1. The number of ether oxygens (including phenoxy) is 3. The molecule has 41 heavy (non-hydrogen) atoms. The predicted molar refractivity (Wildman–Crippen MR) is 134 cm³/mol. The molecular weight excluding hydrogens is 571 g/mol. The molecule has 0 spiro atoms. The second kappa shape index (κ2) is 10.6. The molecule has 7 rings (SSSR count). The van der Waals surface area contributed by atoms with Gasteiger partial charge >= 0.3 is 6.18 Å². The number of hydrogen-bond donors (Lipinski definition) is 2. The Morgan fingerprint density at radius 1 is 1.15 bits per heavy atom. The molecule has 0 radical (unpaired) electrons. The van der Waals surface area contributed by atoms with E-state index >= 15 is 0 Å². The van der Waals surface area contributed by atoms with E-state index in [1.807, 2.05) is 35.1 Å². The van der Waals surface area contributed by atoms with Gasteiger partial charge in [-0.25, -0.2) is 9.67 Å². The van der Waals surface area contributed by atoms with Crippen LogP contribution in [0.4, 0.5) is 13.2 Å². The number of carbonyl (C=O) groups excluding carboxylic acids is 1. The number of aryl methyl sites for hydroxylation is 1. The summed E-state index contributed by atoms with van der Waals surface area (Å²) in [6.07, 6.45) is -1.53. The van der Waals surface area contributed by atoms with E-state index in [0.717, 1.165) is 24.1 Å². The number of nitrogens with one attached hydrogen (secondary N) is 1. The Bertz CT molecular complexity index is 1590. The lowest BCUT2D eigenvalue weighted by molar-refractivity contribution is -0.344. The number of rotatable bonds is 4. The number of fused-ring (bicyclic) bond motifs is 3. The van der Waals surface area contributed by atoms with Gasteiger partial charge in [-0.1, -0.05) is 23.7 Å². The van der Waals surface area contributed by atoms with Crippen molar-refractivity contribution in [3.05, 3.63) is 52.8 Å². The molecule has 216 valence electrons.